The summed E-state index contributed by atoms with van der Waals surface area (Å²) >= 11 is 6.12. The maximum absolute atomic E-state index is 11.4. The monoisotopic (exact) mass is 393 g/mol. The number of anilines is 1. The smallest absolute Gasteiger partial charge is 0.161 e. The zero-order chi connectivity index (χ0) is 18.7. The van der Waals surface area contributed by atoms with Crippen molar-refractivity contribution in [3.8, 4) is 11.4 Å². The molecule has 0 amide bonds. The molecular formula is C19H24ClN3O2S. The number of fused-ring (bicyclic) bond motifs is 1. The fourth-order valence-electron chi connectivity index (χ4n) is 3.17. The van der Waals surface area contributed by atoms with Crippen molar-refractivity contribution in [3.63, 3.8) is 0 Å². The van der Waals surface area contributed by atoms with E-state index in [-0.39, 0.29) is 11.8 Å². The molecule has 0 aliphatic heterocycles. The molecular weight excluding hydrogens is 370 g/mol. The van der Waals surface area contributed by atoms with Crippen LogP contribution in [0.15, 0.2) is 24.3 Å². The first kappa shape index (κ1) is 19.1. The Kier molecular flexibility index (Phi) is 5.82. The molecule has 1 heterocycles. The van der Waals surface area contributed by atoms with Crippen LogP contribution in [0.3, 0.4) is 0 Å². The molecule has 0 fully saturated rings. The average Bonchev–Trinajstić information content (AvgIpc) is 2.59. The Morgan fingerprint density at radius 1 is 1.23 bits per heavy atom. The van der Waals surface area contributed by atoms with Crippen LogP contribution in [0.25, 0.3) is 11.4 Å². The summed E-state index contributed by atoms with van der Waals surface area (Å²) in [5.74, 6) is 1.65. The van der Waals surface area contributed by atoms with Crippen molar-refractivity contribution in [1.82, 2.24) is 9.97 Å². The van der Waals surface area contributed by atoms with Gasteiger partial charge < -0.3 is 5.32 Å². The quantitative estimate of drug-likeness (QED) is 0.805. The minimum absolute atomic E-state index is 0.0119. The molecule has 3 rings (SSSR count). The Balaban J connectivity index is 1.91. The highest BCUT2D eigenvalue weighted by atomic mass is 35.5. The first-order valence-electron chi connectivity index (χ1n) is 8.92. The Hall–Kier alpha value is -1.66. The summed E-state index contributed by atoms with van der Waals surface area (Å²) in [7, 11) is -2.97. The Morgan fingerprint density at radius 3 is 2.73 bits per heavy atom. The maximum atomic E-state index is 11.4. The van der Waals surface area contributed by atoms with Gasteiger partial charge in [-0.3, -0.25) is 0 Å². The molecule has 2 aromatic rings. The third-order valence-corrected chi connectivity index (χ3v) is 5.78. The molecule has 1 N–H and O–H groups in total. The van der Waals surface area contributed by atoms with Crippen LogP contribution in [0.1, 0.15) is 37.4 Å². The molecule has 1 atom stereocenters. The van der Waals surface area contributed by atoms with Crippen LogP contribution in [0.2, 0.25) is 5.02 Å². The molecule has 1 aliphatic rings. The van der Waals surface area contributed by atoms with Crippen molar-refractivity contribution in [2.45, 2.75) is 45.1 Å². The predicted octanol–water partition coefficient (Wildman–Crippen LogP) is 3.91. The highest BCUT2D eigenvalue weighted by molar-refractivity contribution is 7.90. The second-order valence-electron chi connectivity index (χ2n) is 7.00. The third-order valence-electron chi connectivity index (χ3n) is 4.57. The van der Waals surface area contributed by atoms with Crippen LogP contribution in [-0.4, -0.2) is 36.4 Å². The normalized spacial score (nSPS) is 15.3. The molecule has 1 aliphatic carbocycles. The summed E-state index contributed by atoms with van der Waals surface area (Å²) in [5, 5.41) is 4.07. The Bertz CT molecular complexity index is 900. The molecule has 26 heavy (non-hydrogen) atoms. The van der Waals surface area contributed by atoms with Gasteiger partial charge in [-0.25, -0.2) is 18.4 Å². The summed E-state index contributed by atoms with van der Waals surface area (Å²) in [6, 6.07) is 7.55. The first-order chi connectivity index (χ1) is 12.3. The molecule has 140 valence electrons. The molecule has 0 bridgehead atoms. The van der Waals surface area contributed by atoms with Crippen molar-refractivity contribution in [3.05, 3.63) is 40.5 Å². The van der Waals surface area contributed by atoms with Gasteiger partial charge in [-0.05, 0) is 51.2 Å². The lowest BCUT2D eigenvalue weighted by atomic mass is 9.96. The van der Waals surface area contributed by atoms with Gasteiger partial charge in [0, 0.05) is 34.1 Å². The number of rotatable bonds is 6. The number of hydrogen-bond donors (Lipinski definition) is 1. The van der Waals surface area contributed by atoms with Crippen molar-refractivity contribution in [2.24, 2.45) is 0 Å². The number of halogens is 1. The Morgan fingerprint density at radius 2 is 2.00 bits per heavy atom. The molecule has 5 nitrogen and oxygen atoms in total. The van der Waals surface area contributed by atoms with Crippen molar-refractivity contribution >= 4 is 27.3 Å². The zero-order valence-corrected chi connectivity index (χ0v) is 16.7. The second kappa shape index (κ2) is 7.92. The number of hydrogen-bond acceptors (Lipinski definition) is 5. The fraction of sp³-hybridized carbons (Fsp3) is 0.474. The highest BCUT2D eigenvalue weighted by Crippen LogP contribution is 2.29. The van der Waals surface area contributed by atoms with E-state index in [1.165, 1.54) is 6.26 Å². The van der Waals surface area contributed by atoms with Gasteiger partial charge in [0.05, 0.1) is 5.75 Å². The topological polar surface area (TPSA) is 72.0 Å². The van der Waals surface area contributed by atoms with E-state index < -0.39 is 9.84 Å². The van der Waals surface area contributed by atoms with Gasteiger partial charge in [0.1, 0.15) is 15.7 Å². The van der Waals surface area contributed by atoms with Crippen LogP contribution in [0, 0.1) is 0 Å². The lowest BCUT2D eigenvalue weighted by Gasteiger charge is -2.22. The van der Waals surface area contributed by atoms with Crippen LogP contribution in [0.4, 0.5) is 5.82 Å². The maximum Gasteiger partial charge on any atom is 0.161 e. The third kappa shape index (κ3) is 4.95. The van der Waals surface area contributed by atoms with Crippen LogP contribution in [0.5, 0.6) is 0 Å². The van der Waals surface area contributed by atoms with Gasteiger partial charge in [-0.15, -0.1) is 0 Å². The lowest BCUT2D eigenvalue weighted by Crippen LogP contribution is -2.22. The summed E-state index contributed by atoms with van der Waals surface area (Å²) in [6.45, 7) is 1.99. The molecule has 0 saturated carbocycles. The van der Waals surface area contributed by atoms with E-state index in [4.69, 9.17) is 21.6 Å². The number of aromatic nitrogens is 2. The number of benzene rings is 1. The van der Waals surface area contributed by atoms with E-state index in [2.05, 4.69) is 5.32 Å². The van der Waals surface area contributed by atoms with E-state index in [1.54, 1.807) is 0 Å². The highest BCUT2D eigenvalue weighted by Gasteiger charge is 2.20. The molecule has 0 spiro atoms. The minimum atomic E-state index is -2.97. The number of nitrogens with one attached hydrogen (secondary N) is 1. The number of nitrogens with zero attached hydrogens (tertiary/aromatic N) is 2. The molecule has 1 aromatic carbocycles. The average molecular weight is 394 g/mol. The van der Waals surface area contributed by atoms with Gasteiger partial charge in [0.2, 0.25) is 0 Å². The standard InChI is InChI=1S/C19H24ClN3O2S/c1-13(10-11-26(2,24)25)21-19-16-8-3-4-9-17(16)22-18(23-19)14-6-5-7-15(20)12-14/h5-7,12-13H,3-4,8-11H2,1-2H3,(H,21,22,23). The van der Waals surface area contributed by atoms with Gasteiger partial charge in [0.25, 0.3) is 0 Å². The molecule has 1 aromatic heterocycles. The van der Waals surface area contributed by atoms with E-state index in [9.17, 15) is 8.42 Å². The lowest BCUT2D eigenvalue weighted by molar-refractivity contribution is 0.595. The molecule has 7 heteroatoms. The van der Waals surface area contributed by atoms with Crippen molar-refractivity contribution in [2.75, 3.05) is 17.3 Å². The fourth-order valence-corrected chi connectivity index (χ4v) is 4.14. The molecule has 0 saturated heterocycles. The summed E-state index contributed by atoms with van der Waals surface area (Å²) in [6.07, 6.45) is 5.96. The van der Waals surface area contributed by atoms with Gasteiger partial charge in [-0.2, -0.15) is 0 Å². The van der Waals surface area contributed by atoms with E-state index in [0.29, 0.717) is 17.3 Å². The van der Waals surface area contributed by atoms with Crippen molar-refractivity contribution in [1.29, 1.82) is 0 Å². The number of aryl methyl sites for hydroxylation is 1. The van der Waals surface area contributed by atoms with E-state index in [1.807, 2.05) is 31.2 Å². The summed E-state index contributed by atoms with van der Waals surface area (Å²) in [5.41, 5.74) is 3.13. The summed E-state index contributed by atoms with van der Waals surface area (Å²) in [4.78, 5) is 9.52. The van der Waals surface area contributed by atoms with E-state index >= 15 is 0 Å². The zero-order valence-electron chi connectivity index (χ0n) is 15.1. The minimum Gasteiger partial charge on any atom is -0.367 e. The van der Waals surface area contributed by atoms with Crippen LogP contribution < -0.4 is 5.32 Å². The van der Waals surface area contributed by atoms with Gasteiger partial charge in [0.15, 0.2) is 5.82 Å². The SMILES string of the molecule is CC(CCS(C)(=O)=O)Nc1nc(-c2cccc(Cl)c2)nc2c1CCCC2. The molecule has 1 unspecified atom stereocenters. The van der Waals surface area contributed by atoms with Crippen LogP contribution in [-0.2, 0) is 22.7 Å². The number of sulfone groups is 1. The largest absolute Gasteiger partial charge is 0.367 e. The predicted molar refractivity (Wildman–Crippen MR) is 107 cm³/mol. The van der Waals surface area contributed by atoms with Gasteiger partial charge in [-0.1, -0.05) is 23.7 Å². The Labute approximate surface area is 160 Å². The van der Waals surface area contributed by atoms with E-state index in [0.717, 1.165) is 48.3 Å². The van der Waals surface area contributed by atoms with Gasteiger partial charge >= 0.3 is 0 Å². The summed E-state index contributed by atoms with van der Waals surface area (Å²) < 4.78 is 22.9. The second-order valence-corrected chi connectivity index (χ2v) is 9.70. The first-order valence-corrected chi connectivity index (χ1v) is 11.4. The van der Waals surface area contributed by atoms with Crippen molar-refractivity contribution < 1.29 is 8.42 Å². The molecule has 0 radical (unpaired) electrons. The van der Waals surface area contributed by atoms with Crippen LogP contribution >= 0.6 is 11.6 Å².